The molecule has 0 spiro atoms. The molecule has 0 bridgehead atoms. The predicted molar refractivity (Wildman–Crippen MR) is 92.0 cm³/mol. The molecular weight excluding hydrogens is 288 g/mol. The fraction of sp³-hybridized carbons (Fsp3) is 0.263. The quantitative estimate of drug-likeness (QED) is 0.780. The van der Waals surface area contributed by atoms with Crippen LogP contribution >= 0.6 is 0 Å². The van der Waals surface area contributed by atoms with E-state index in [1.807, 2.05) is 49.4 Å². The van der Waals surface area contributed by atoms with Crippen molar-refractivity contribution in [1.82, 2.24) is 0 Å². The van der Waals surface area contributed by atoms with Gasteiger partial charge in [-0.3, -0.25) is 4.79 Å². The third-order valence-electron chi connectivity index (χ3n) is 3.79. The molecular formula is C19H20N2O2. The second-order valence-corrected chi connectivity index (χ2v) is 5.48. The fourth-order valence-corrected chi connectivity index (χ4v) is 2.46. The van der Waals surface area contributed by atoms with Crippen LogP contribution in [0.3, 0.4) is 0 Å². The van der Waals surface area contributed by atoms with Crippen molar-refractivity contribution >= 4 is 17.3 Å². The van der Waals surface area contributed by atoms with Gasteiger partial charge in [0.15, 0.2) is 5.69 Å². The number of benzene rings is 2. The molecule has 23 heavy (non-hydrogen) atoms. The normalized spacial score (nSPS) is 11.4. The number of ether oxygens (including phenoxy) is 1. The lowest BCUT2D eigenvalue weighted by Gasteiger charge is -2.22. The Balaban J connectivity index is 2.07. The summed E-state index contributed by atoms with van der Waals surface area (Å²) < 4.78 is 5.13. The van der Waals surface area contributed by atoms with Crippen molar-refractivity contribution in [2.75, 3.05) is 19.1 Å². The van der Waals surface area contributed by atoms with Crippen molar-refractivity contribution in [2.24, 2.45) is 5.92 Å². The van der Waals surface area contributed by atoms with Crippen LogP contribution in [0.5, 0.6) is 5.75 Å². The lowest BCUT2D eigenvalue weighted by atomic mass is 9.99. The molecule has 2 aromatic carbocycles. The van der Waals surface area contributed by atoms with Gasteiger partial charge in [-0.1, -0.05) is 36.8 Å². The molecule has 0 N–H and O–H groups in total. The fourth-order valence-electron chi connectivity index (χ4n) is 2.46. The summed E-state index contributed by atoms with van der Waals surface area (Å²) in [7, 11) is 3.39. The number of methoxy groups -OCH3 is 1. The van der Waals surface area contributed by atoms with Crippen LogP contribution in [-0.4, -0.2) is 20.1 Å². The SMILES string of the molecule is [C-]#[N+]c1cccc(C[C@H](C)C(=O)N(C)c2ccc(OC)cc2)c1. The third kappa shape index (κ3) is 4.10. The van der Waals surface area contributed by atoms with E-state index in [1.165, 1.54) is 0 Å². The molecule has 0 aliphatic rings. The number of hydrogen-bond acceptors (Lipinski definition) is 2. The maximum Gasteiger partial charge on any atom is 0.229 e. The van der Waals surface area contributed by atoms with E-state index >= 15 is 0 Å². The van der Waals surface area contributed by atoms with Gasteiger partial charge in [0.25, 0.3) is 0 Å². The van der Waals surface area contributed by atoms with Gasteiger partial charge in [-0.25, -0.2) is 4.85 Å². The van der Waals surface area contributed by atoms with Gasteiger partial charge in [-0.2, -0.15) is 0 Å². The summed E-state index contributed by atoms with van der Waals surface area (Å²) in [5, 5.41) is 0. The highest BCUT2D eigenvalue weighted by Crippen LogP contribution is 2.22. The van der Waals surface area contributed by atoms with Gasteiger partial charge in [0.05, 0.1) is 13.7 Å². The minimum atomic E-state index is -0.164. The van der Waals surface area contributed by atoms with Gasteiger partial charge >= 0.3 is 0 Å². The Morgan fingerprint density at radius 3 is 2.57 bits per heavy atom. The van der Waals surface area contributed by atoms with E-state index in [0.717, 1.165) is 17.0 Å². The Bertz CT molecular complexity index is 717. The number of nitrogens with zero attached hydrogens (tertiary/aromatic N) is 2. The van der Waals surface area contributed by atoms with E-state index in [4.69, 9.17) is 11.3 Å². The first-order valence-corrected chi connectivity index (χ1v) is 7.43. The maximum absolute atomic E-state index is 12.6. The average molecular weight is 308 g/mol. The van der Waals surface area contributed by atoms with Crippen LogP contribution in [0.15, 0.2) is 48.5 Å². The summed E-state index contributed by atoms with van der Waals surface area (Å²) in [4.78, 5) is 17.7. The summed E-state index contributed by atoms with van der Waals surface area (Å²) in [6.45, 7) is 8.97. The van der Waals surface area contributed by atoms with Crippen LogP contribution < -0.4 is 9.64 Å². The molecule has 0 saturated carbocycles. The highest BCUT2D eigenvalue weighted by molar-refractivity contribution is 5.94. The second kappa shape index (κ2) is 7.46. The Labute approximate surface area is 137 Å². The smallest absolute Gasteiger partial charge is 0.229 e. The average Bonchev–Trinajstić information content (AvgIpc) is 2.60. The first-order chi connectivity index (χ1) is 11.0. The van der Waals surface area contributed by atoms with Crippen molar-refractivity contribution in [1.29, 1.82) is 0 Å². The molecule has 0 radical (unpaired) electrons. The number of rotatable bonds is 5. The van der Waals surface area contributed by atoms with Crippen molar-refractivity contribution in [3.05, 3.63) is 65.5 Å². The number of carbonyl (C=O) groups excluding carboxylic acids is 1. The minimum absolute atomic E-state index is 0.0448. The van der Waals surface area contributed by atoms with Gasteiger partial charge < -0.3 is 9.64 Å². The molecule has 0 saturated heterocycles. The molecule has 0 heterocycles. The number of carbonyl (C=O) groups is 1. The van der Waals surface area contributed by atoms with Crippen molar-refractivity contribution in [2.45, 2.75) is 13.3 Å². The molecule has 0 aromatic heterocycles. The number of anilines is 1. The zero-order valence-electron chi connectivity index (χ0n) is 13.6. The molecule has 4 heteroatoms. The van der Waals surface area contributed by atoms with Gasteiger partial charge in [0.1, 0.15) is 5.75 Å². The molecule has 4 nitrogen and oxygen atoms in total. The van der Waals surface area contributed by atoms with Crippen molar-refractivity contribution < 1.29 is 9.53 Å². The molecule has 0 aliphatic carbocycles. The topological polar surface area (TPSA) is 33.9 Å². The molecule has 1 amide bonds. The van der Waals surface area contributed by atoms with Crippen molar-refractivity contribution in [3.8, 4) is 5.75 Å². The van der Waals surface area contributed by atoms with Gasteiger partial charge in [-0.15, -0.1) is 0 Å². The van der Waals surface area contributed by atoms with Gasteiger partial charge in [0.2, 0.25) is 5.91 Å². The largest absolute Gasteiger partial charge is 0.497 e. The third-order valence-corrected chi connectivity index (χ3v) is 3.79. The Morgan fingerprint density at radius 1 is 1.26 bits per heavy atom. The molecule has 2 aromatic rings. The first kappa shape index (κ1) is 16.6. The lowest BCUT2D eigenvalue weighted by molar-refractivity contribution is -0.121. The Morgan fingerprint density at radius 2 is 1.96 bits per heavy atom. The lowest BCUT2D eigenvalue weighted by Crippen LogP contribution is -2.32. The zero-order valence-corrected chi connectivity index (χ0v) is 13.6. The van der Waals surface area contributed by atoms with E-state index in [0.29, 0.717) is 12.1 Å². The molecule has 118 valence electrons. The highest BCUT2D eigenvalue weighted by atomic mass is 16.5. The molecule has 0 unspecified atom stereocenters. The number of hydrogen-bond donors (Lipinski definition) is 0. The summed E-state index contributed by atoms with van der Waals surface area (Å²) >= 11 is 0. The predicted octanol–water partition coefficient (Wildman–Crippen LogP) is 4.09. The van der Waals surface area contributed by atoms with Crippen LogP contribution in [0.4, 0.5) is 11.4 Å². The minimum Gasteiger partial charge on any atom is -0.497 e. The van der Waals surface area contributed by atoms with Crippen LogP contribution in [0.2, 0.25) is 0 Å². The Kier molecular flexibility index (Phi) is 5.37. The molecule has 1 atom stereocenters. The first-order valence-electron chi connectivity index (χ1n) is 7.43. The molecule has 0 fully saturated rings. The van der Waals surface area contributed by atoms with E-state index in [1.54, 1.807) is 25.1 Å². The van der Waals surface area contributed by atoms with Crippen LogP contribution in [0.1, 0.15) is 12.5 Å². The van der Waals surface area contributed by atoms with E-state index in [9.17, 15) is 4.79 Å². The monoisotopic (exact) mass is 308 g/mol. The summed E-state index contributed by atoms with van der Waals surface area (Å²) in [6, 6.07) is 14.8. The molecule has 2 rings (SSSR count). The highest BCUT2D eigenvalue weighted by Gasteiger charge is 2.19. The maximum atomic E-state index is 12.6. The standard InChI is InChI=1S/C19H20N2O2/c1-14(12-15-6-5-7-16(13-15)20-2)19(22)21(3)17-8-10-18(23-4)11-9-17/h5-11,13-14H,12H2,1,3-4H3/t14-/m0/s1. The van der Waals surface area contributed by atoms with Gasteiger partial charge in [-0.05, 0) is 30.7 Å². The van der Waals surface area contributed by atoms with Gasteiger partial charge in [0, 0.05) is 18.7 Å². The Hall–Kier alpha value is -2.80. The second-order valence-electron chi connectivity index (χ2n) is 5.48. The summed E-state index contributed by atoms with van der Waals surface area (Å²) in [5.74, 6) is 0.644. The number of amides is 1. The summed E-state index contributed by atoms with van der Waals surface area (Å²) in [5.41, 5.74) is 2.44. The van der Waals surface area contributed by atoms with Crippen LogP contribution in [-0.2, 0) is 11.2 Å². The summed E-state index contributed by atoms with van der Waals surface area (Å²) in [6.07, 6.45) is 0.614. The van der Waals surface area contributed by atoms with E-state index < -0.39 is 0 Å². The van der Waals surface area contributed by atoms with E-state index in [-0.39, 0.29) is 11.8 Å². The van der Waals surface area contributed by atoms with E-state index in [2.05, 4.69) is 4.85 Å². The zero-order chi connectivity index (χ0) is 16.8. The van der Waals surface area contributed by atoms with Crippen LogP contribution in [0, 0.1) is 12.5 Å². The molecule has 0 aliphatic heterocycles. The van der Waals surface area contributed by atoms with Crippen molar-refractivity contribution in [3.63, 3.8) is 0 Å². The van der Waals surface area contributed by atoms with Crippen LogP contribution in [0.25, 0.3) is 4.85 Å².